The molecular formula is C25H23BrN2O5. The van der Waals surface area contributed by atoms with Crippen LogP contribution in [0.5, 0.6) is 5.75 Å². The van der Waals surface area contributed by atoms with Gasteiger partial charge < -0.3 is 14.4 Å². The van der Waals surface area contributed by atoms with Crippen molar-refractivity contribution in [3.63, 3.8) is 0 Å². The van der Waals surface area contributed by atoms with Crippen molar-refractivity contribution in [1.29, 1.82) is 0 Å². The Morgan fingerprint density at radius 1 is 1.09 bits per heavy atom. The second-order valence-electron chi connectivity index (χ2n) is 8.75. The molecule has 3 aromatic rings. The molecule has 1 fully saturated rings. The number of ether oxygens (including phenoxy) is 1. The van der Waals surface area contributed by atoms with Gasteiger partial charge in [0.2, 0.25) is 0 Å². The molecule has 1 aliphatic heterocycles. The van der Waals surface area contributed by atoms with Crippen LogP contribution in [-0.2, 0) is 15.0 Å². The highest BCUT2D eigenvalue weighted by Crippen LogP contribution is 2.43. The van der Waals surface area contributed by atoms with Gasteiger partial charge in [-0.25, -0.2) is 0 Å². The fourth-order valence-corrected chi connectivity index (χ4v) is 3.93. The van der Waals surface area contributed by atoms with Crippen LogP contribution in [0.4, 0.5) is 5.82 Å². The molecule has 33 heavy (non-hydrogen) atoms. The number of halogens is 1. The maximum Gasteiger partial charge on any atom is 0.301 e. The van der Waals surface area contributed by atoms with E-state index in [0.29, 0.717) is 22.6 Å². The maximum atomic E-state index is 13.2. The van der Waals surface area contributed by atoms with Crippen molar-refractivity contribution in [2.45, 2.75) is 32.2 Å². The van der Waals surface area contributed by atoms with Gasteiger partial charge in [-0.3, -0.25) is 14.5 Å². The molecule has 1 N–H and O–H groups in total. The predicted molar refractivity (Wildman–Crippen MR) is 127 cm³/mol. The van der Waals surface area contributed by atoms with Crippen LogP contribution < -0.4 is 9.64 Å². The van der Waals surface area contributed by atoms with E-state index in [4.69, 9.17) is 9.26 Å². The molecule has 7 nitrogen and oxygen atoms in total. The predicted octanol–water partition coefficient (Wildman–Crippen LogP) is 5.37. The molecule has 1 amide bonds. The standard InChI is InChI=1S/C25H23BrN2O5/c1-25(2,3)18-13-19(27-33-18)28-21(14-7-11-17(32-4)12-8-14)20(23(30)24(28)31)22(29)15-5-9-16(26)10-6-15/h5-13,21,29H,1-4H3/t21-/m0/s1. The number of aromatic nitrogens is 1. The molecule has 0 unspecified atom stereocenters. The summed E-state index contributed by atoms with van der Waals surface area (Å²) in [5.74, 6) is -0.443. The van der Waals surface area contributed by atoms with Gasteiger partial charge in [0.25, 0.3) is 5.78 Å². The van der Waals surface area contributed by atoms with Crippen molar-refractivity contribution in [2.75, 3.05) is 12.0 Å². The zero-order valence-corrected chi connectivity index (χ0v) is 20.2. The van der Waals surface area contributed by atoms with Gasteiger partial charge in [-0.05, 0) is 29.8 Å². The normalized spacial score (nSPS) is 18.1. The minimum Gasteiger partial charge on any atom is -0.507 e. The van der Waals surface area contributed by atoms with Crippen LogP contribution in [0.25, 0.3) is 5.76 Å². The zero-order valence-electron chi connectivity index (χ0n) is 18.6. The zero-order chi connectivity index (χ0) is 23.9. The lowest BCUT2D eigenvalue weighted by atomic mass is 9.93. The summed E-state index contributed by atoms with van der Waals surface area (Å²) in [5, 5.41) is 15.2. The molecule has 170 valence electrons. The smallest absolute Gasteiger partial charge is 0.301 e. The van der Waals surface area contributed by atoms with Gasteiger partial charge in [0.15, 0.2) is 5.82 Å². The number of methoxy groups -OCH3 is 1. The van der Waals surface area contributed by atoms with Crippen LogP contribution in [0.1, 0.15) is 43.7 Å². The number of ketones is 1. The molecule has 1 aliphatic rings. The average Bonchev–Trinajstić information content (AvgIpc) is 3.37. The summed E-state index contributed by atoms with van der Waals surface area (Å²) in [6, 6.07) is 14.6. The van der Waals surface area contributed by atoms with E-state index in [1.165, 1.54) is 4.90 Å². The molecule has 4 rings (SSSR count). The van der Waals surface area contributed by atoms with Crippen LogP contribution in [-0.4, -0.2) is 29.1 Å². The molecule has 1 saturated heterocycles. The van der Waals surface area contributed by atoms with Crippen molar-refractivity contribution in [3.05, 3.63) is 81.5 Å². The number of amides is 1. The number of nitrogens with zero attached hydrogens (tertiary/aromatic N) is 2. The van der Waals surface area contributed by atoms with Crippen LogP contribution in [0.15, 0.2) is 69.2 Å². The van der Waals surface area contributed by atoms with E-state index in [9.17, 15) is 14.7 Å². The third kappa shape index (κ3) is 4.18. The lowest BCUT2D eigenvalue weighted by molar-refractivity contribution is -0.132. The fourth-order valence-electron chi connectivity index (χ4n) is 3.67. The van der Waals surface area contributed by atoms with E-state index >= 15 is 0 Å². The Morgan fingerprint density at radius 3 is 2.27 bits per heavy atom. The van der Waals surface area contributed by atoms with Crippen LogP contribution in [0.3, 0.4) is 0 Å². The Bertz CT molecular complexity index is 1240. The third-order valence-corrected chi connectivity index (χ3v) is 6.01. The van der Waals surface area contributed by atoms with E-state index in [1.807, 2.05) is 20.8 Å². The summed E-state index contributed by atoms with van der Waals surface area (Å²) in [6.45, 7) is 5.87. The summed E-state index contributed by atoms with van der Waals surface area (Å²) < 4.78 is 11.5. The highest BCUT2D eigenvalue weighted by Gasteiger charge is 2.48. The first-order chi connectivity index (χ1) is 15.6. The SMILES string of the molecule is COc1ccc([C@H]2C(=C(O)c3ccc(Br)cc3)C(=O)C(=O)N2c2cc(C(C)(C)C)on2)cc1. The van der Waals surface area contributed by atoms with Crippen molar-refractivity contribution in [3.8, 4) is 5.75 Å². The van der Waals surface area contributed by atoms with Crippen molar-refractivity contribution >= 4 is 39.2 Å². The highest BCUT2D eigenvalue weighted by molar-refractivity contribution is 9.10. The summed E-state index contributed by atoms with van der Waals surface area (Å²) in [6.07, 6.45) is 0. The largest absolute Gasteiger partial charge is 0.507 e. The van der Waals surface area contributed by atoms with Gasteiger partial charge in [0.1, 0.15) is 17.3 Å². The maximum absolute atomic E-state index is 13.2. The summed E-state index contributed by atoms with van der Waals surface area (Å²) in [5.41, 5.74) is 0.679. The Labute approximate surface area is 199 Å². The number of Topliss-reactive ketones (excluding diaryl/α,β-unsaturated/α-hetero) is 1. The van der Waals surface area contributed by atoms with Crippen LogP contribution >= 0.6 is 15.9 Å². The molecule has 0 aliphatic carbocycles. The van der Waals surface area contributed by atoms with Gasteiger partial charge in [0, 0.05) is 21.5 Å². The second kappa shape index (κ2) is 8.51. The molecule has 8 heteroatoms. The number of benzene rings is 2. The molecule has 0 spiro atoms. The molecule has 0 radical (unpaired) electrons. The average molecular weight is 511 g/mol. The fraction of sp³-hybridized carbons (Fsp3) is 0.240. The Morgan fingerprint density at radius 2 is 1.73 bits per heavy atom. The first-order valence-corrected chi connectivity index (χ1v) is 11.1. The number of aliphatic hydroxyl groups is 1. The van der Waals surface area contributed by atoms with Crippen LogP contribution in [0.2, 0.25) is 0 Å². The van der Waals surface area contributed by atoms with Gasteiger partial charge in [-0.2, -0.15) is 0 Å². The summed E-state index contributed by atoms with van der Waals surface area (Å²) in [7, 11) is 1.55. The molecule has 1 aromatic heterocycles. The molecule has 2 aromatic carbocycles. The van der Waals surface area contributed by atoms with Gasteiger partial charge in [-0.1, -0.05) is 66.1 Å². The summed E-state index contributed by atoms with van der Waals surface area (Å²) >= 11 is 3.36. The quantitative estimate of drug-likeness (QED) is 0.288. The number of hydrogen-bond donors (Lipinski definition) is 1. The van der Waals surface area contributed by atoms with Crippen molar-refractivity contribution in [2.24, 2.45) is 0 Å². The number of carbonyl (C=O) groups is 2. The van der Waals surface area contributed by atoms with E-state index in [2.05, 4.69) is 21.1 Å². The first kappa shape index (κ1) is 22.8. The second-order valence-corrected chi connectivity index (χ2v) is 9.66. The van der Waals surface area contributed by atoms with E-state index in [1.54, 1.807) is 61.7 Å². The summed E-state index contributed by atoms with van der Waals surface area (Å²) in [4.78, 5) is 27.6. The van der Waals surface area contributed by atoms with E-state index in [-0.39, 0.29) is 22.6 Å². The first-order valence-electron chi connectivity index (χ1n) is 10.3. The number of carbonyl (C=O) groups excluding carboxylic acids is 2. The van der Waals surface area contributed by atoms with E-state index < -0.39 is 17.7 Å². The number of rotatable bonds is 4. The van der Waals surface area contributed by atoms with Gasteiger partial charge in [0.05, 0.1) is 18.7 Å². The lowest BCUT2D eigenvalue weighted by Crippen LogP contribution is -2.29. The Kier molecular flexibility index (Phi) is 5.88. The Hall–Kier alpha value is -3.39. The lowest BCUT2D eigenvalue weighted by Gasteiger charge is -2.23. The van der Waals surface area contributed by atoms with Gasteiger partial charge in [-0.15, -0.1) is 0 Å². The Balaban J connectivity index is 1.91. The molecule has 0 saturated carbocycles. The molecule has 2 heterocycles. The van der Waals surface area contributed by atoms with Crippen molar-refractivity contribution < 1.29 is 24.0 Å². The molecule has 1 atom stereocenters. The monoisotopic (exact) mass is 510 g/mol. The minimum absolute atomic E-state index is 0.0206. The van der Waals surface area contributed by atoms with Crippen molar-refractivity contribution in [1.82, 2.24) is 5.16 Å². The van der Waals surface area contributed by atoms with E-state index in [0.717, 1.165) is 4.47 Å². The van der Waals surface area contributed by atoms with Crippen LogP contribution in [0, 0.1) is 0 Å². The third-order valence-electron chi connectivity index (χ3n) is 5.48. The topological polar surface area (TPSA) is 92.9 Å². The highest BCUT2D eigenvalue weighted by atomic mass is 79.9. The minimum atomic E-state index is -0.891. The number of anilines is 1. The molecule has 0 bridgehead atoms. The molecular weight excluding hydrogens is 488 g/mol. The number of hydrogen-bond acceptors (Lipinski definition) is 6. The number of aliphatic hydroxyl groups excluding tert-OH is 1. The van der Waals surface area contributed by atoms with Gasteiger partial charge >= 0.3 is 5.91 Å².